The summed E-state index contributed by atoms with van der Waals surface area (Å²) in [6.07, 6.45) is 2.15. The molecule has 0 amide bonds. The summed E-state index contributed by atoms with van der Waals surface area (Å²) in [7, 11) is 0. The molecule has 2 N–H and O–H groups in total. The van der Waals surface area contributed by atoms with Crippen LogP contribution in [0.2, 0.25) is 0 Å². The van der Waals surface area contributed by atoms with Crippen molar-refractivity contribution in [3.05, 3.63) is 12.2 Å². The molecule has 25 heavy (non-hydrogen) atoms. The highest BCUT2D eigenvalue weighted by atomic mass is 17.2. The van der Waals surface area contributed by atoms with E-state index < -0.39 is 23.5 Å². The average Bonchev–Trinajstić information content (AvgIpc) is 2.49. The fraction of sp³-hybridized carbons (Fsp3) is 0.688. The van der Waals surface area contributed by atoms with Crippen molar-refractivity contribution in [3.63, 3.8) is 0 Å². The molecule has 0 saturated carbocycles. The maximum absolute atomic E-state index is 10.9. The van der Waals surface area contributed by atoms with E-state index in [1.165, 1.54) is 0 Å². The smallest absolute Gasteiger partial charge is 0.301 e. The predicted molar refractivity (Wildman–Crippen MR) is 86.7 cm³/mol. The van der Waals surface area contributed by atoms with Crippen LogP contribution in [0, 0.1) is 11.3 Å². The van der Waals surface area contributed by atoms with Crippen LogP contribution in [0.25, 0.3) is 0 Å². The van der Waals surface area contributed by atoms with Gasteiger partial charge in [0.05, 0.1) is 5.92 Å². The maximum atomic E-state index is 10.9. The van der Waals surface area contributed by atoms with E-state index in [1.54, 1.807) is 20.8 Å². The highest BCUT2D eigenvalue weighted by molar-refractivity contribution is 5.91. The van der Waals surface area contributed by atoms with Gasteiger partial charge in [0.1, 0.15) is 5.60 Å². The summed E-state index contributed by atoms with van der Waals surface area (Å²) in [5.74, 6) is -2.71. The van der Waals surface area contributed by atoms with E-state index in [4.69, 9.17) is 10.5 Å². The number of carbonyl (C=O) groups excluding carboxylic acids is 3. The van der Waals surface area contributed by atoms with Gasteiger partial charge in [-0.2, -0.15) is 15.4 Å². The van der Waals surface area contributed by atoms with Crippen molar-refractivity contribution in [3.8, 4) is 0 Å². The summed E-state index contributed by atoms with van der Waals surface area (Å²) in [6.45, 7) is 12.8. The molecule has 1 unspecified atom stereocenters. The summed E-state index contributed by atoms with van der Waals surface area (Å²) in [6, 6.07) is 0. The standard InChI is InChI=1S/C8H12O6.C8H16O3/c1-8(2,3)14-13-7(10)5-4-6(9)12-11;1-5-6(7(9)11-10)8(2,3)4/h4-5,11H,1-3H3;6,10H,5H2,1-4H3/b5-4-;. The Labute approximate surface area is 147 Å². The maximum Gasteiger partial charge on any atom is 0.366 e. The molecule has 0 rings (SSSR count). The van der Waals surface area contributed by atoms with E-state index >= 15 is 0 Å². The summed E-state index contributed by atoms with van der Waals surface area (Å²) in [5, 5.41) is 16.0. The molecule has 146 valence electrons. The first-order valence-electron chi connectivity index (χ1n) is 7.56. The summed E-state index contributed by atoms with van der Waals surface area (Å²) in [5.41, 5.74) is -0.768. The predicted octanol–water partition coefficient (Wildman–Crippen LogP) is 2.91. The van der Waals surface area contributed by atoms with Gasteiger partial charge in [0.25, 0.3) is 0 Å². The first kappa shape index (κ1) is 25.3. The Balaban J connectivity index is 0. The third-order valence-electron chi connectivity index (χ3n) is 2.65. The largest absolute Gasteiger partial charge is 0.366 e. The number of hydrogen-bond acceptors (Lipinski definition) is 9. The lowest BCUT2D eigenvalue weighted by molar-refractivity contribution is -0.316. The second-order valence-electron chi connectivity index (χ2n) is 7.08. The lowest BCUT2D eigenvalue weighted by Crippen LogP contribution is -2.28. The van der Waals surface area contributed by atoms with E-state index in [0.717, 1.165) is 6.08 Å². The molecule has 0 aliphatic rings. The van der Waals surface area contributed by atoms with Crippen LogP contribution in [-0.4, -0.2) is 34.0 Å². The van der Waals surface area contributed by atoms with E-state index in [-0.39, 0.29) is 11.3 Å². The molecule has 0 aromatic heterocycles. The molecule has 0 bridgehead atoms. The van der Waals surface area contributed by atoms with Gasteiger partial charge in [-0.05, 0) is 32.6 Å². The van der Waals surface area contributed by atoms with E-state index in [1.807, 2.05) is 27.7 Å². The topological polar surface area (TPSA) is 129 Å². The van der Waals surface area contributed by atoms with Gasteiger partial charge in [-0.1, -0.05) is 27.7 Å². The molecular weight excluding hydrogens is 336 g/mol. The van der Waals surface area contributed by atoms with Crippen molar-refractivity contribution in [2.45, 2.75) is 60.5 Å². The zero-order valence-electron chi connectivity index (χ0n) is 15.7. The van der Waals surface area contributed by atoms with Crippen molar-refractivity contribution >= 4 is 17.9 Å². The Morgan fingerprint density at radius 2 is 1.40 bits per heavy atom. The Hall–Kier alpha value is -1.97. The second-order valence-corrected chi connectivity index (χ2v) is 7.08. The van der Waals surface area contributed by atoms with Gasteiger partial charge in [-0.15, -0.1) is 0 Å². The summed E-state index contributed by atoms with van der Waals surface area (Å²) >= 11 is 0. The lowest BCUT2D eigenvalue weighted by atomic mass is 9.79. The first-order valence-corrected chi connectivity index (χ1v) is 7.56. The van der Waals surface area contributed by atoms with Crippen molar-refractivity contribution in [1.29, 1.82) is 0 Å². The Kier molecular flexibility index (Phi) is 11.7. The zero-order chi connectivity index (χ0) is 20.3. The van der Waals surface area contributed by atoms with Crippen LogP contribution in [0.4, 0.5) is 0 Å². The first-order chi connectivity index (χ1) is 11.3. The highest BCUT2D eigenvalue weighted by Gasteiger charge is 2.31. The van der Waals surface area contributed by atoms with Crippen molar-refractivity contribution in [2.24, 2.45) is 11.3 Å². The van der Waals surface area contributed by atoms with Crippen LogP contribution < -0.4 is 0 Å². The minimum atomic E-state index is -1.07. The third kappa shape index (κ3) is 14.1. The highest BCUT2D eigenvalue weighted by Crippen LogP contribution is 2.29. The molecule has 1 atom stereocenters. The fourth-order valence-corrected chi connectivity index (χ4v) is 1.56. The minimum absolute atomic E-state index is 0.144. The Morgan fingerprint density at radius 3 is 1.68 bits per heavy atom. The van der Waals surface area contributed by atoms with E-state index in [2.05, 4.69) is 19.6 Å². The molecule has 0 aromatic carbocycles. The lowest BCUT2D eigenvalue weighted by Gasteiger charge is -2.25. The normalized spacial score (nSPS) is 12.7. The fourth-order valence-electron chi connectivity index (χ4n) is 1.56. The molecule has 0 fully saturated rings. The van der Waals surface area contributed by atoms with Gasteiger partial charge in [0.15, 0.2) is 0 Å². The molecule has 0 spiro atoms. The molecule has 9 nitrogen and oxygen atoms in total. The molecule has 0 aromatic rings. The molecule has 9 heteroatoms. The quantitative estimate of drug-likeness (QED) is 0.429. The number of carbonyl (C=O) groups is 3. The summed E-state index contributed by atoms with van der Waals surface area (Å²) in [4.78, 5) is 47.9. The second kappa shape index (κ2) is 11.6. The SMILES string of the molecule is CC(C)(C)OOC(=O)/C=C\C(=O)OO.CCC(C(=O)OO)C(C)(C)C. The van der Waals surface area contributed by atoms with Crippen LogP contribution in [0.1, 0.15) is 54.9 Å². The van der Waals surface area contributed by atoms with Crippen LogP contribution in [-0.2, 0) is 33.9 Å². The van der Waals surface area contributed by atoms with E-state index in [0.29, 0.717) is 12.5 Å². The molecule has 0 radical (unpaired) electrons. The van der Waals surface area contributed by atoms with Crippen LogP contribution in [0.15, 0.2) is 12.2 Å². The van der Waals surface area contributed by atoms with Gasteiger partial charge < -0.3 is 4.89 Å². The van der Waals surface area contributed by atoms with Crippen LogP contribution >= 0.6 is 0 Å². The Morgan fingerprint density at radius 1 is 0.920 bits per heavy atom. The summed E-state index contributed by atoms with van der Waals surface area (Å²) < 4.78 is 0. The molecule has 0 aliphatic carbocycles. The van der Waals surface area contributed by atoms with Gasteiger partial charge in [0, 0.05) is 12.2 Å². The van der Waals surface area contributed by atoms with Crippen molar-refractivity contribution < 1.29 is 44.4 Å². The molecule has 0 aliphatic heterocycles. The van der Waals surface area contributed by atoms with Crippen molar-refractivity contribution in [2.75, 3.05) is 0 Å². The minimum Gasteiger partial charge on any atom is -0.301 e. The molecule has 0 heterocycles. The van der Waals surface area contributed by atoms with Gasteiger partial charge in [-0.3, -0.25) is 9.78 Å². The van der Waals surface area contributed by atoms with Crippen LogP contribution in [0.3, 0.4) is 0 Å². The van der Waals surface area contributed by atoms with Crippen molar-refractivity contribution in [1.82, 2.24) is 0 Å². The molecular formula is C16H28O9. The average molecular weight is 364 g/mol. The van der Waals surface area contributed by atoms with Gasteiger partial charge in [-0.25, -0.2) is 14.4 Å². The van der Waals surface area contributed by atoms with Gasteiger partial charge in [0.2, 0.25) is 0 Å². The van der Waals surface area contributed by atoms with Crippen LogP contribution in [0.5, 0.6) is 0 Å². The third-order valence-corrected chi connectivity index (χ3v) is 2.65. The monoisotopic (exact) mass is 364 g/mol. The zero-order valence-corrected chi connectivity index (χ0v) is 15.7. The number of hydrogen-bond donors (Lipinski definition) is 2. The number of rotatable bonds is 5. The van der Waals surface area contributed by atoms with Gasteiger partial charge >= 0.3 is 17.9 Å². The Bertz CT molecular complexity index is 455. The molecule has 0 saturated heterocycles. The van der Waals surface area contributed by atoms with E-state index in [9.17, 15) is 14.4 Å².